The first-order chi connectivity index (χ1) is 17.2. The average molecular weight is 503 g/mol. The molecule has 11 heteroatoms. The van der Waals surface area contributed by atoms with Gasteiger partial charge >= 0.3 is 12.2 Å². The SMILES string of the molecule is C#CC.CC1OC(OC(=O)Nc2ccc(COC(=O)Nc3ccc(CO)cc3)cc2)C(O)C(O)C1O. The van der Waals surface area contributed by atoms with Crippen molar-refractivity contribution < 1.29 is 44.2 Å². The van der Waals surface area contributed by atoms with Gasteiger partial charge in [0.05, 0.1) is 12.7 Å². The number of ether oxygens (including phenoxy) is 3. The molecule has 1 heterocycles. The lowest BCUT2D eigenvalue weighted by atomic mass is 10.0. The number of nitrogens with one attached hydrogen (secondary N) is 2. The van der Waals surface area contributed by atoms with Crippen LogP contribution in [0.5, 0.6) is 0 Å². The van der Waals surface area contributed by atoms with Crippen molar-refractivity contribution in [3.05, 3.63) is 59.7 Å². The number of hydrogen-bond acceptors (Lipinski definition) is 9. The van der Waals surface area contributed by atoms with E-state index in [0.717, 1.165) is 5.56 Å². The highest BCUT2D eigenvalue weighted by Gasteiger charge is 2.43. The summed E-state index contributed by atoms with van der Waals surface area (Å²) in [6.07, 6.45) is -3.66. The van der Waals surface area contributed by atoms with Crippen molar-refractivity contribution in [3.8, 4) is 12.3 Å². The smallest absolute Gasteiger partial charge is 0.414 e. The van der Waals surface area contributed by atoms with Gasteiger partial charge in [-0.3, -0.25) is 10.6 Å². The van der Waals surface area contributed by atoms with E-state index in [0.29, 0.717) is 16.9 Å². The lowest BCUT2D eigenvalue weighted by molar-refractivity contribution is -0.275. The molecular formula is C25H30N2O9. The van der Waals surface area contributed by atoms with Gasteiger partial charge in [0.15, 0.2) is 0 Å². The summed E-state index contributed by atoms with van der Waals surface area (Å²) in [5.74, 6) is 2.25. The molecule has 0 spiro atoms. The molecule has 1 aliphatic heterocycles. The Balaban J connectivity index is 0.00000145. The van der Waals surface area contributed by atoms with E-state index >= 15 is 0 Å². The largest absolute Gasteiger partial charge is 0.444 e. The molecule has 36 heavy (non-hydrogen) atoms. The second kappa shape index (κ2) is 14.0. The Kier molecular flexibility index (Phi) is 11.1. The lowest BCUT2D eigenvalue weighted by Gasteiger charge is -2.38. The number of aliphatic hydroxyl groups excluding tert-OH is 4. The van der Waals surface area contributed by atoms with Crippen molar-refractivity contribution in [2.45, 2.75) is 57.8 Å². The first-order valence-electron chi connectivity index (χ1n) is 11.0. The Morgan fingerprint density at radius 1 is 0.917 bits per heavy atom. The number of amides is 2. The number of rotatable bonds is 6. The number of anilines is 2. The summed E-state index contributed by atoms with van der Waals surface area (Å²) < 4.78 is 15.4. The molecule has 2 aromatic rings. The summed E-state index contributed by atoms with van der Waals surface area (Å²) in [5, 5.41) is 43.4. The van der Waals surface area contributed by atoms with Crippen LogP contribution in [0.4, 0.5) is 21.0 Å². The van der Waals surface area contributed by atoms with Gasteiger partial charge < -0.3 is 34.6 Å². The molecule has 0 bridgehead atoms. The maximum absolute atomic E-state index is 12.1. The van der Waals surface area contributed by atoms with Crippen molar-refractivity contribution in [2.24, 2.45) is 0 Å². The Hall–Kier alpha value is -3.66. The monoisotopic (exact) mass is 502 g/mol. The standard InChI is InChI=1S/C22H26N2O9.C3H4/c1-12-17(26)18(27)19(28)20(32-12)33-22(30)24-16-8-4-14(5-9-16)11-31-21(29)23-15-6-2-13(10-25)3-7-15;1-3-2/h2-9,12,17-20,25-28H,10-11H2,1H3,(H,23,29)(H,24,30);1H,2H3. The van der Waals surface area contributed by atoms with Gasteiger partial charge in [0.25, 0.3) is 0 Å². The predicted octanol–water partition coefficient (Wildman–Crippen LogP) is 1.94. The van der Waals surface area contributed by atoms with Gasteiger partial charge in [-0.1, -0.05) is 24.3 Å². The van der Waals surface area contributed by atoms with Gasteiger partial charge in [-0.2, -0.15) is 0 Å². The van der Waals surface area contributed by atoms with Crippen LogP contribution in [0.3, 0.4) is 0 Å². The minimum absolute atomic E-state index is 0.00844. The van der Waals surface area contributed by atoms with Crippen LogP contribution in [-0.4, -0.2) is 63.3 Å². The minimum atomic E-state index is -1.60. The fourth-order valence-electron chi connectivity index (χ4n) is 3.04. The molecule has 1 saturated heterocycles. The summed E-state index contributed by atoms with van der Waals surface area (Å²) >= 11 is 0. The van der Waals surface area contributed by atoms with E-state index in [2.05, 4.69) is 23.0 Å². The first-order valence-corrected chi connectivity index (χ1v) is 11.0. The molecule has 1 fully saturated rings. The molecule has 1 aliphatic rings. The van der Waals surface area contributed by atoms with E-state index in [9.17, 15) is 24.9 Å². The van der Waals surface area contributed by atoms with Gasteiger partial charge in [0.1, 0.15) is 24.9 Å². The van der Waals surface area contributed by atoms with Gasteiger partial charge in [-0.15, -0.1) is 12.3 Å². The summed E-state index contributed by atoms with van der Waals surface area (Å²) in [4.78, 5) is 24.0. The highest BCUT2D eigenvalue weighted by atomic mass is 16.7. The fourth-order valence-corrected chi connectivity index (χ4v) is 3.04. The van der Waals surface area contributed by atoms with Crippen LogP contribution in [0.1, 0.15) is 25.0 Å². The Labute approximate surface area is 208 Å². The second-order valence-electron chi connectivity index (χ2n) is 7.75. The number of benzene rings is 2. The van der Waals surface area contributed by atoms with Crippen LogP contribution in [0.15, 0.2) is 48.5 Å². The van der Waals surface area contributed by atoms with Crippen LogP contribution in [0, 0.1) is 12.3 Å². The van der Waals surface area contributed by atoms with E-state index < -0.39 is 42.9 Å². The minimum Gasteiger partial charge on any atom is -0.444 e. The van der Waals surface area contributed by atoms with Crippen LogP contribution in [0.2, 0.25) is 0 Å². The molecule has 6 N–H and O–H groups in total. The summed E-state index contributed by atoms with van der Waals surface area (Å²) in [6.45, 7) is 3.03. The van der Waals surface area contributed by atoms with Crippen LogP contribution < -0.4 is 10.6 Å². The highest BCUT2D eigenvalue weighted by Crippen LogP contribution is 2.22. The van der Waals surface area contributed by atoms with Crippen LogP contribution >= 0.6 is 0 Å². The molecule has 3 rings (SSSR count). The molecule has 194 valence electrons. The third-order valence-corrected chi connectivity index (χ3v) is 4.98. The molecule has 2 amide bonds. The molecule has 2 aromatic carbocycles. The van der Waals surface area contributed by atoms with E-state index in [1.54, 1.807) is 55.5 Å². The molecule has 0 aliphatic carbocycles. The Morgan fingerprint density at radius 3 is 1.94 bits per heavy atom. The molecular weight excluding hydrogens is 472 g/mol. The van der Waals surface area contributed by atoms with Crippen LogP contribution in [0.25, 0.3) is 0 Å². The van der Waals surface area contributed by atoms with Gasteiger partial charge in [0.2, 0.25) is 6.29 Å². The number of carbonyl (C=O) groups is 2. The highest BCUT2D eigenvalue weighted by molar-refractivity contribution is 5.85. The van der Waals surface area contributed by atoms with E-state index in [1.807, 2.05) is 0 Å². The zero-order valence-corrected chi connectivity index (χ0v) is 19.8. The molecule has 5 atom stereocenters. The number of terminal acetylenes is 1. The summed E-state index contributed by atoms with van der Waals surface area (Å²) in [6, 6.07) is 13.0. The van der Waals surface area contributed by atoms with Gasteiger partial charge in [-0.05, 0) is 49.2 Å². The van der Waals surface area contributed by atoms with Gasteiger partial charge in [0, 0.05) is 11.4 Å². The third kappa shape index (κ3) is 8.53. The van der Waals surface area contributed by atoms with E-state index in [1.165, 1.54) is 6.92 Å². The summed E-state index contributed by atoms with van der Waals surface area (Å²) in [5.41, 5.74) is 2.28. The predicted molar refractivity (Wildman–Crippen MR) is 130 cm³/mol. The maximum atomic E-state index is 12.1. The normalized spacial score (nSPS) is 22.8. The topological polar surface area (TPSA) is 167 Å². The van der Waals surface area contributed by atoms with Crippen molar-refractivity contribution >= 4 is 23.6 Å². The van der Waals surface area contributed by atoms with Crippen molar-refractivity contribution in [2.75, 3.05) is 10.6 Å². The van der Waals surface area contributed by atoms with Gasteiger partial charge in [-0.25, -0.2) is 9.59 Å². The van der Waals surface area contributed by atoms with E-state index in [4.69, 9.17) is 19.3 Å². The van der Waals surface area contributed by atoms with Crippen molar-refractivity contribution in [3.63, 3.8) is 0 Å². The molecule has 0 aromatic heterocycles. The lowest BCUT2D eigenvalue weighted by Crippen LogP contribution is -2.57. The first kappa shape index (κ1) is 28.6. The van der Waals surface area contributed by atoms with Crippen molar-refractivity contribution in [1.82, 2.24) is 0 Å². The van der Waals surface area contributed by atoms with Crippen LogP contribution in [-0.2, 0) is 27.4 Å². The number of hydrogen-bond donors (Lipinski definition) is 6. The quantitative estimate of drug-likeness (QED) is 0.324. The number of aliphatic hydroxyl groups is 4. The zero-order valence-electron chi connectivity index (χ0n) is 19.8. The molecule has 0 saturated carbocycles. The second-order valence-corrected chi connectivity index (χ2v) is 7.75. The fraction of sp³-hybridized carbons (Fsp3) is 0.360. The number of carbonyl (C=O) groups excluding carboxylic acids is 2. The third-order valence-electron chi connectivity index (χ3n) is 4.98. The maximum Gasteiger partial charge on any atom is 0.414 e. The zero-order chi connectivity index (χ0) is 26.7. The van der Waals surface area contributed by atoms with Crippen molar-refractivity contribution in [1.29, 1.82) is 0 Å². The average Bonchev–Trinajstić information content (AvgIpc) is 2.86. The van der Waals surface area contributed by atoms with E-state index in [-0.39, 0.29) is 13.2 Å². The molecule has 5 unspecified atom stereocenters. The Bertz CT molecular complexity index is 1020. The summed E-state index contributed by atoms with van der Waals surface area (Å²) in [7, 11) is 0. The Morgan fingerprint density at radius 2 is 1.42 bits per heavy atom. The molecule has 0 radical (unpaired) electrons. The molecule has 11 nitrogen and oxygen atoms in total.